The van der Waals surface area contributed by atoms with Crippen LogP contribution in [0.3, 0.4) is 0 Å². The van der Waals surface area contributed by atoms with Gasteiger partial charge in [-0.2, -0.15) is 5.26 Å². The lowest BCUT2D eigenvalue weighted by Gasteiger charge is -2.23. The van der Waals surface area contributed by atoms with Gasteiger partial charge in [0.05, 0.1) is 18.5 Å². The van der Waals surface area contributed by atoms with Crippen LogP contribution in [0.1, 0.15) is 22.7 Å². The van der Waals surface area contributed by atoms with E-state index in [2.05, 4.69) is 47.2 Å². The second kappa shape index (κ2) is 7.85. The Kier molecular flexibility index (Phi) is 4.95. The first-order chi connectivity index (χ1) is 13.8. The standard InChI is InChI=1S/C25H21N3/c1-18(23-17-27-24-10-6-5-9-22(23)24)25(20-7-3-2-4-8-20)28-21-13-11-19(12-14-21)15-16-26/h2-14,17,25,27-28H,1,15H2. The number of fused-ring (bicyclic) bond motifs is 1. The van der Waals surface area contributed by atoms with Crippen LogP contribution in [-0.4, -0.2) is 4.98 Å². The number of nitrogens with one attached hydrogen (secondary N) is 2. The Morgan fingerprint density at radius 1 is 0.964 bits per heavy atom. The zero-order valence-corrected chi connectivity index (χ0v) is 15.5. The quantitative estimate of drug-likeness (QED) is 0.435. The Balaban J connectivity index is 1.70. The summed E-state index contributed by atoms with van der Waals surface area (Å²) in [5.41, 5.74) is 6.38. The highest BCUT2D eigenvalue weighted by molar-refractivity contribution is 5.93. The highest BCUT2D eigenvalue weighted by Gasteiger charge is 2.19. The maximum Gasteiger partial charge on any atom is 0.0768 e. The molecule has 0 aliphatic carbocycles. The molecule has 2 N–H and O–H groups in total. The molecular weight excluding hydrogens is 342 g/mol. The maximum absolute atomic E-state index is 8.87. The van der Waals surface area contributed by atoms with Crippen LogP contribution in [0.4, 0.5) is 5.69 Å². The molecule has 1 heterocycles. The zero-order chi connectivity index (χ0) is 19.3. The molecule has 3 nitrogen and oxygen atoms in total. The van der Waals surface area contributed by atoms with Crippen molar-refractivity contribution in [1.82, 2.24) is 4.98 Å². The summed E-state index contributed by atoms with van der Waals surface area (Å²) in [5, 5.41) is 13.7. The van der Waals surface area contributed by atoms with Crippen LogP contribution in [0.5, 0.6) is 0 Å². The minimum absolute atomic E-state index is 0.0674. The molecule has 0 saturated heterocycles. The molecule has 28 heavy (non-hydrogen) atoms. The van der Waals surface area contributed by atoms with Crippen LogP contribution in [0.15, 0.2) is 91.6 Å². The van der Waals surface area contributed by atoms with E-state index in [4.69, 9.17) is 5.26 Å². The van der Waals surface area contributed by atoms with Crippen molar-refractivity contribution in [2.75, 3.05) is 5.32 Å². The third-order valence-corrected chi connectivity index (χ3v) is 4.96. The van der Waals surface area contributed by atoms with Crippen molar-refractivity contribution in [2.24, 2.45) is 0 Å². The number of nitriles is 1. The number of H-pyrrole nitrogens is 1. The third-order valence-electron chi connectivity index (χ3n) is 4.96. The number of benzene rings is 3. The van der Waals surface area contributed by atoms with E-state index in [1.165, 1.54) is 5.39 Å². The van der Waals surface area contributed by atoms with E-state index in [1.807, 2.05) is 60.8 Å². The van der Waals surface area contributed by atoms with E-state index in [1.54, 1.807) is 0 Å². The fourth-order valence-corrected chi connectivity index (χ4v) is 3.49. The molecule has 0 spiro atoms. The van der Waals surface area contributed by atoms with Gasteiger partial charge in [-0.1, -0.05) is 67.2 Å². The van der Waals surface area contributed by atoms with E-state index in [9.17, 15) is 0 Å². The summed E-state index contributed by atoms with van der Waals surface area (Å²) < 4.78 is 0. The first-order valence-corrected chi connectivity index (χ1v) is 9.29. The van der Waals surface area contributed by atoms with Crippen molar-refractivity contribution in [3.8, 4) is 6.07 Å². The molecule has 1 atom stereocenters. The Labute approximate surface area is 165 Å². The normalized spacial score (nSPS) is 11.7. The highest BCUT2D eigenvalue weighted by Crippen LogP contribution is 2.35. The summed E-state index contributed by atoms with van der Waals surface area (Å²) in [6.07, 6.45) is 2.45. The lowest BCUT2D eigenvalue weighted by atomic mass is 9.93. The Morgan fingerprint density at radius 2 is 1.68 bits per heavy atom. The van der Waals surface area contributed by atoms with Crippen molar-refractivity contribution >= 4 is 22.2 Å². The molecule has 0 aliphatic rings. The minimum atomic E-state index is -0.0674. The zero-order valence-electron chi connectivity index (χ0n) is 15.5. The fraction of sp³-hybridized carbons (Fsp3) is 0.0800. The summed E-state index contributed by atoms with van der Waals surface area (Å²) in [6, 6.07) is 28.7. The van der Waals surface area contributed by atoms with Crippen LogP contribution in [0.2, 0.25) is 0 Å². The van der Waals surface area contributed by atoms with Gasteiger partial charge in [-0.25, -0.2) is 0 Å². The van der Waals surface area contributed by atoms with Gasteiger partial charge in [-0.05, 0) is 34.9 Å². The molecule has 0 amide bonds. The number of hydrogen-bond donors (Lipinski definition) is 2. The van der Waals surface area contributed by atoms with Crippen molar-refractivity contribution in [1.29, 1.82) is 5.26 Å². The fourth-order valence-electron chi connectivity index (χ4n) is 3.49. The van der Waals surface area contributed by atoms with Crippen LogP contribution in [0, 0.1) is 11.3 Å². The topological polar surface area (TPSA) is 51.6 Å². The van der Waals surface area contributed by atoms with Crippen molar-refractivity contribution in [2.45, 2.75) is 12.5 Å². The first kappa shape index (κ1) is 17.6. The van der Waals surface area contributed by atoms with Gasteiger partial charge in [-0.15, -0.1) is 0 Å². The van der Waals surface area contributed by atoms with Crippen LogP contribution >= 0.6 is 0 Å². The second-order valence-corrected chi connectivity index (χ2v) is 6.79. The highest BCUT2D eigenvalue weighted by atomic mass is 14.9. The summed E-state index contributed by atoms with van der Waals surface area (Å²) in [5.74, 6) is 0. The maximum atomic E-state index is 8.87. The third kappa shape index (κ3) is 3.54. The van der Waals surface area contributed by atoms with Gasteiger partial charge >= 0.3 is 0 Å². The molecule has 1 unspecified atom stereocenters. The average Bonchev–Trinajstić information content (AvgIpc) is 3.18. The number of aromatic amines is 1. The molecular formula is C25H21N3. The summed E-state index contributed by atoms with van der Waals surface area (Å²) in [4.78, 5) is 3.34. The smallest absolute Gasteiger partial charge is 0.0768 e. The molecule has 4 rings (SSSR count). The van der Waals surface area contributed by atoms with Gasteiger partial charge in [0.15, 0.2) is 0 Å². The Bertz CT molecular complexity index is 1130. The number of aromatic nitrogens is 1. The number of hydrogen-bond acceptors (Lipinski definition) is 2. The van der Waals surface area contributed by atoms with Crippen molar-refractivity contribution in [3.05, 3.63) is 108 Å². The van der Waals surface area contributed by atoms with E-state index in [0.717, 1.165) is 33.5 Å². The molecule has 3 aromatic carbocycles. The predicted octanol–water partition coefficient (Wildman–Crippen LogP) is 6.10. The Hall–Kier alpha value is -3.77. The Morgan fingerprint density at radius 3 is 2.43 bits per heavy atom. The number of para-hydroxylation sites is 1. The number of anilines is 1. The van der Waals surface area contributed by atoms with Gasteiger partial charge in [0.1, 0.15) is 0 Å². The molecule has 0 radical (unpaired) electrons. The molecule has 0 bridgehead atoms. The molecule has 1 aromatic heterocycles. The minimum Gasteiger partial charge on any atom is -0.374 e. The lowest BCUT2D eigenvalue weighted by molar-refractivity contribution is 1.01. The number of nitrogens with zero attached hydrogens (tertiary/aromatic N) is 1. The lowest BCUT2D eigenvalue weighted by Crippen LogP contribution is -2.12. The van der Waals surface area contributed by atoms with Crippen molar-refractivity contribution in [3.63, 3.8) is 0 Å². The van der Waals surface area contributed by atoms with E-state index >= 15 is 0 Å². The van der Waals surface area contributed by atoms with E-state index < -0.39 is 0 Å². The van der Waals surface area contributed by atoms with Gasteiger partial charge in [0.25, 0.3) is 0 Å². The second-order valence-electron chi connectivity index (χ2n) is 6.79. The van der Waals surface area contributed by atoms with E-state index in [-0.39, 0.29) is 6.04 Å². The summed E-state index contributed by atoms with van der Waals surface area (Å²) >= 11 is 0. The van der Waals surface area contributed by atoms with E-state index in [0.29, 0.717) is 6.42 Å². The largest absolute Gasteiger partial charge is 0.374 e. The number of rotatable bonds is 6. The summed E-state index contributed by atoms with van der Waals surface area (Å²) in [6.45, 7) is 4.44. The van der Waals surface area contributed by atoms with Crippen LogP contribution < -0.4 is 5.32 Å². The molecule has 4 aromatic rings. The van der Waals surface area contributed by atoms with Gasteiger partial charge in [-0.3, -0.25) is 0 Å². The van der Waals surface area contributed by atoms with Crippen LogP contribution in [0.25, 0.3) is 16.5 Å². The van der Waals surface area contributed by atoms with Crippen molar-refractivity contribution < 1.29 is 0 Å². The predicted molar refractivity (Wildman–Crippen MR) is 116 cm³/mol. The molecule has 136 valence electrons. The SMILES string of the molecule is C=C(c1c[nH]c2ccccc12)C(Nc1ccc(CC#N)cc1)c1ccccc1. The van der Waals surface area contributed by atoms with Crippen LogP contribution in [-0.2, 0) is 6.42 Å². The molecule has 3 heteroatoms. The molecule has 0 fully saturated rings. The van der Waals surface area contributed by atoms with Gasteiger partial charge in [0, 0.05) is 28.4 Å². The summed E-state index contributed by atoms with van der Waals surface area (Å²) in [7, 11) is 0. The first-order valence-electron chi connectivity index (χ1n) is 9.29. The monoisotopic (exact) mass is 363 g/mol. The van der Waals surface area contributed by atoms with Gasteiger partial charge in [0.2, 0.25) is 0 Å². The molecule has 0 aliphatic heterocycles. The van der Waals surface area contributed by atoms with Gasteiger partial charge < -0.3 is 10.3 Å². The average molecular weight is 363 g/mol. The molecule has 0 saturated carbocycles.